The Labute approximate surface area is 208 Å². The van der Waals surface area contributed by atoms with Crippen LogP contribution in [0, 0.1) is 11.7 Å². The minimum Gasteiger partial charge on any atom is -0.383 e. The molecule has 2 N–H and O–H groups in total. The highest BCUT2D eigenvalue weighted by Crippen LogP contribution is 2.33. The van der Waals surface area contributed by atoms with Crippen LogP contribution in [0.5, 0.6) is 0 Å². The molecule has 1 fully saturated rings. The van der Waals surface area contributed by atoms with Gasteiger partial charge in [0.25, 0.3) is 5.91 Å². The van der Waals surface area contributed by atoms with Crippen molar-refractivity contribution in [2.75, 3.05) is 12.8 Å². The fraction of sp³-hybridized carbons (Fsp3) is 0.280. The SMILES string of the molecule is CN(C(=O)C1CC1)N(Cc1ccc(C(F)(F)F)cc1F)C(=O)c1ccc2nc(N)c3cnn(C)c3c2c1. The maximum absolute atomic E-state index is 14.7. The molecule has 0 atom stereocenters. The van der Waals surface area contributed by atoms with Crippen LogP contribution >= 0.6 is 0 Å². The van der Waals surface area contributed by atoms with Gasteiger partial charge in [-0.05, 0) is 43.2 Å². The summed E-state index contributed by atoms with van der Waals surface area (Å²) in [5.41, 5.74) is 6.07. The molecular weight excluding hydrogens is 492 g/mol. The second-order valence-electron chi connectivity index (χ2n) is 9.06. The van der Waals surface area contributed by atoms with Crippen LogP contribution < -0.4 is 5.73 Å². The van der Waals surface area contributed by atoms with Gasteiger partial charge in [0, 0.05) is 36.5 Å². The zero-order valence-corrected chi connectivity index (χ0v) is 19.9. The molecular formula is C25H22F4N6O2. The Kier molecular flexibility index (Phi) is 5.76. The number of aromatic nitrogens is 3. The van der Waals surface area contributed by atoms with Gasteiger partial charge < -0.3 is 5.73 Å². The highest BCUT2D eigenvalue weighted by atomic mass is 19.4. The van der Waals surface area contributed by atoms with E-state index >= 15 is 0 Å². The Morgan fingerprint density at radius 3 is 2.51 bits per heavy atom. The third kappa shape index (κ3) is 4.43. The number of hydrogen-bond acceptors (Lipinski definition) is 5. The van der Waals surface area contributed by atoms with Crippen LogP contribution in [0.4, 0.5) is 23.4 Å². The standard InChI is InChI=1S/C25H22F4N6O2/c1-33-21-17-9-14(6-8-20(17)32-22(30)18(21)11-31-33)24(37)35(34(2)23(36)13-3-4-13)12-15-5-7-16(10-19(15)26)25(27,28)29/h5-11,13H,3-4,12H2,1-2H3,(H2,30,32). The number of nitrogen functional groups attached to an aromatic ring is 1. The highest BCUT2D eigenvalue weighted by Gasteiger charge is 2.36. The number of pyridine rings is 1. The van der Waals surface area contributed by atoms with E-state index in [0.29, 0.717) is 40.7 Å². The highest BCUT2D eigenvalue weighted by molar-refractivity contribution is 6.10. The number of halogens is 4. The molecule has 2 aromatic carbocycles. The molecule has 1 aliphatic carbocycles. The number of hydrazine groups is 1. The van der Waals surface area contributed by atoms with Crippen molar-refractivity contribution < 1.29 is 27.2 Å². The Bertz CT molecular complexity index is 1560. The van der Waals surface area contributed by atoms with Gasteiger partial charge in [-0.3, -0.25) is 19.3 Å². The van der Waals surface area contributed by atoms with Crippen molar-refractivity contribution in [3.63, 3.8) is 0 Å². The number of anilines is 1. The number of carbonyl (C=O) groups excluding carboxylic acids is 2. The van der Waals surface area contributed by atoms with Crippen molar-refractivity contribution in [1.82, 2.24) is 24.8 Å². The van der Waals surface area contributed by atoms with E-state index < -0.39 is 30.0 Å². The van der Waals surface area contributed by atoms with Crippen LogP contribution in [0.3, 0.4) is 0 Å². The molecule has 0 radical (unpaired) electrons. The molecule has 0 unspecified atom stereocenters. The fourth-order valence-electron chi connectivity index (χ4n) is 4.28. The smallest absolute Gasteiger partial charge is 0.383 e. The van der Waals surface area contributed by atoms with Crippen molar-refractivity contribution in [2.45, 2.75) is 25.6 Å². The van der Waals surface area contributed by atoms with Gasteiger partial charge in [0.05, 0.1) is 34.7 Å². The molecule has 0 aliphatic heterocycles. The van der Waals surface area contributed by atoms with Gasteiger partial charge in [0.1, 0.15) is 11.6 Å². The molecule has 0 spiro atoms. The van der Waals surface area contributed by atoms with E-state index in [1.165, 1.54) is 13.1 Å². The number of alkyl halides is 3. The molecule has 1 saturated carbocycles. The molecule has 2 heterocycles. The third-order valence-electron chi connectivity index (χ3n) is 6.50. The summed E-state index contributed by atoms with van der Waals surface area (Å²) in [6, 6.07) is 6.79. The minimum atomic E-state index is -4.72. The lowest BCUT2D eigenvalue weighted by Gasteiger charge is -2.32. The van der Waals surface area contributed by atoms with Gasteiger partial charge in [-0.2, -0.15) is 18.3 Å². The largest absolute Gasteiger partial charge is 0.416 e. The van der Waals surface area contributed by atoms with Crippen LogP contribution in [0.25, 0.3) is 21.8 Å². The van der Waals surface area contributed by atoms with Crippen LogP contribution in [0.1, 0.15) is 34.3 Å². The number of nitrogens with two attached hydrogens (primary N) is 1. The van der Waals surface area contributed by atoms with Gasteiger partial charge >= 0.3 is 6.18 Å². The molecule has 0 saturated heterocycles. The van der Waals surface area contributed by atoms with Crippen molar-refractivity contribution >= 4 is 39.4 Å². The summed E-state index contributed by atoms with van der Waals surface area (Å²) < 4.78 is 55.3. The Morgan fingerprint density at radius 1 is 1.14 bits per heavy atom. The minimum absolute atomic E-state index is 0.166. The van der Waals surface area contributed by atoms with E-state index in [2.05, 4.69) is 10.1 Å². The summed E-state index contributed by atoms with van der Waals surface area (Å²) in [6.07, 6.45) is -1.82. The summed E-state index contributed by atoms with van der Waals surface area (Å²) in [7, 11) is 3.11. The predicted octanol–water partition coefficient (Wildman–Crippen LogP) is 4.29. The molecule has 192 valence electrons. The maximum atomic E-state index is 14.7. The number of aryl methyl sites for hydroxylation is 1. The van der Waals surface area contributed by atoms with Gasteiger partial charge in [0.15, 0.2) is 0 Å². The second-order valence-corrected chi connectivity index (χ2v) is 9.06. The van der Waals surface area contributed by atoms with Crippen molar-refractivity contribution in [1.29, 1.82) is 0 Å². The van der Waals surface area contributed by atoms with Gasteiger partial charge in [-0.25, -0.2) is 14.4 Å². The zero-order valence-electron chi connectivity index (χ0n) is 19.9. The van der Waals surface area contributed by atoms with E-state index in [9.17, 15) is 27.2 Å². The second kappa shape index (κ2) is 8.71. The molecule has 8 nitrogen and oxygen atoms in total. The van der Waals surface area contributed by atoms with E-state index in [-0.39, 0.29) is 28.8 Å². The van der Waals surface area contributed by atoms with Crippen molar-refractivity contribution in [2.24, 2.45) is 13.0 Å². The van der Waals surface area contributed by atoms with Crippen molar-refractivity contribution in [3.05, 3.63) is 65.1 Å². The molecule has 5 rings (SSSR count). The number of fused-ring (bicyclic) bond motifs is 3. The zero-order chi connectivity index (χ0) is 26.6. The van der Waals surface area contributed by atoms with Gasteiger partial charge in [-0.1, -0.05) is 6.07 Å². The van der Waals surface area contributed by atoms with E-state index in [0.717, 1.165) is 22.2 Å². The monoisotopic (exact) mass is 514 g/mol. The Balaban J connectivity index is 1.56. The predicted molar refractivity (Wildman–Crippen MR) is 127 cm³/mol. The molecule has 2 amide bonds. The lowest BCUT2D eigenvalue weighted by atomic mass is 10.1. The quantitative estimate of drug-likeness (QED) is 0.324. The average molecular weight is 514 g/mol. The van der Waals surface area contributed by atoms with Crippen LogP contribution in [0.15, 0.2) is 42.6 Å². The normalized spacial score (nSPS) is 13.8. The molecule has 37 heavy (non-hydrogen) atoms. The van der Waals surface area contributed by atoms with Crippen LogP contribution in [-0.4, -0.2) is 43.6 Å². The first-order valence-electron chi connectivity index (χ1n) is 11.4. The number of rotatable bonds is 4. The molecule has 0 bridgehead atoms. The van der Waals surface area contributed by atoms with Crippen LogP contribution in [-0.2, 0) is 24.6 Å². The van der Waals surface area contributed by atoms with E-state index in [1.807, 2.05) is 0 Å². The Hall–Kier alpha value is -4.22. The van der Waals surface area contributed by atoms with E-state index in [4.69, 9.17) is 5.73 Å². The first kappa shape index (κ1) is 24.5. The number of hydrogen-bond donors (Lipinski definition) is 1. The summed E-state index contributed by atoms with van der Waals surface area (Å²) in [6.45, 7) is -0.448. The number of amides is 2. The van der Waals surface area contributed by atoms with Crippen molar-refractivity contribution in [3.8, 4) is 0 Å². The third-order valence-corrected chi connectivity index (χ3v) is 6.50. The summed E-state index contributed by atoms with van der Waals surface area (Å²) in [5.74, 6) is -2.07. The maximum Gasteiger partial charge on any atom is 0.416 e. The summed E-state index contributed by atoms with van der Waals surface area (Å²) >= 11 is 0. The molecule has 4 aromatic rings. The van der Waals surface area contributed by atoms with Crippen LogP contribution in [0.2, 0.25) is 0 Å². The number of carbonyl (C=O) groups is 2. The first-order valence-corrected chi connectivity index (χ1v) is 11.4. The summed E-state index contributed by atoms with van der Waals surface area (Å²) in [4.78, 5) is 30.9. The molecule has 12 heteroatoms. The fourth-order valence-corrected chi connectivity index (χ4v) is 4.28. The Morgan fingerprint density at radius 2 is 1.86 bits per heavy atom. The van der Waals surface area contributed by atoms with Gasteiger partial charge in [-0.15, -0.1) is 0 Å². The van der Waals surface area contributed by atoms with Gasteiger partial charge in [0.2, 0.25) is 5.91 Å². The molecule has 2 aromatic heterocycles. The number of nitrogens with zero attached hydrogens (tertiary/aromatic N) is 5. The average Bonchev–Trinajstić information content (AvgIpc) is 3.63. The first-order chi connectivity index (χ1) is 17.5. The lowest BCUT2D eigenvalue weighted by molar-refractivity contribution is -0.144. The van der Waals surface area contributed by atoms with E-state index in [1.54, 1.807) is 30.1 Å². The number of benzene rings is 2. The topological polar surface area (TPSA) is 97.3 Å². The molecule has 1 aliphatic rings. The summed E-state index contributed by atoms with van der Waals surface area (Å²) in [5, 5.41) is 7.56. The lowest BCUT2D eigenvalue weighted by Crippen LogP contribution is -2.47.